The van der Waals surface area contributed by atoms with Crippen molar-refractivity contribution in [3.05, 3.63) is 46.8 Å². The van der Waals surface area contributed by atoms with Crippen molar-refractivity contribution >= 4 is 30.2 Å². The van der Waals surface area contributed by atoms with E-state index in [1.54, 1.807) is 0 Å². The summed E-state index contributed by atoms with van der Waals surface area (Å²) < 4.78 is 90.4. The molecule has 0 heterocycles. The summed E-state index contributed by atoms with van der Waals surface area (Å²) in [5.74, 6) is -14.9. The van der Waals surface area contributed by atoms with Gasteiger partial charge in [0, 0.05) is 0 Å². The third kappa shape index (κ3) is 3.02. The molecule has 0 aliphatic rings. The Morgan fingerprint density at radius 1 is 0.600 bits per heavy atom. The van der Waals surface area contributed by atoms with Crippen molar-refractivity contribution in [1.82, 2.24) is 0 Å². The summed E-state index contributed by atoms with van der Waals surface area (Å²) in [7, 11) is 9.90. The van der Waals surface area contributed by atoms with Gasteiger partial charge in [-0.1, -0.05) is 0 Å². The maximum absolute atomic E-state index is 13.1. The van der Waals surface area contributed by atoms with Crippen molar-refractivity contribution in [3.8, 4) is 0 Å². The average Bonchev–Trinajstić information content (AvgIpc) is 2.38. The molecular formula is C10Cl2F7Zn. The van der Waals surface area contributed by atoms with E-state index in [9.17, 15) is 30.7 Å². The van der Waals surface area contributed by atoms with E-state index in [1.807, 2.05) is 0 Å². The van der Waals surface area contributed by atoms with E-state index >= 15 is 0 Å². The van der Waals surface area contributed by atoms with Gasteiger partial charge in [0.25, 0.3) is 0 Å². The van der Waals surface area contributed by atoms with E-state index in [1.165, 1.54) is 0 Å². The van der Waals surface area contributed by atoms with Gasteiger partial charge >= 0.3 is 34.5 Å². The molecule has 0 aliphatic heterocycles. The molecule has 0 fully saturated rings. The van der Waals surface area contributed by atoms with Gasteiger partial charge in [0.1, 0.15) is 5.82 Å². The molecule has 2 aromatic carbocycles. The monoisotopic (exact) mass is 387 g/mol. The van der Waals surface area contributed by atoms with Gasteiger partial charge in [0.15, 0.2) is 34.9 Å². The van der Waals surface area contributed by atoms with Crippen LogP contribution in [0.1, 0.15) is 0 Å². The summed E-state index contributed by atoms with van der Waals surface area (Å²) in [4.78, 5) is 0. The fourth-order valence-electron chi connectivity index (χ4n) is 1.37. The molecule has 0 nitrogen and oxygen atoms in total. The van der Waals surface area contributed by atoms with Crippen LogP contribution in [0.3, 0.4) is 0 Å². The third-order valence-electron chi connectivity index (χ3n) is 2.12. The Labute approximate surface area is 123 Å². The first-order valence-electron chi connectivity index (χ1n) is 4.61. The van der Waals surface area contributed by atoms with Crippen molar-refractivity contribution in [2.24, 2.45) is 0 Å². The normalized spacial score (nSPS) is 10.1. The van der Waals surface area contributed by atoms with E-state index in [0.717, 1.165) is 6.07 Å². The van der Waals surface area contributed by atoms with Gasteiger partial charge in [-0.2, -0.15) is 0 Å². The topological polar surface area (TPSA) is 0 Å². The van der Waals surface area contributed by atoms with Crippen molar-refractivity contribution < 1.29 is 45.9 Å². The van der Waals surface area contributed by atoms with Crippen molar-refractivity contribution in [1.29, 1.82) is 0 Å². The van der Waals surface area contributed by atoms with E-state index in [0.29, 0.717) is 0 Å². The van der Waals surface area contributed by atoms with E-state index in [4.69, 9.17) is 19.4 Å². The van der Waals surface area contributed by atoms with Crippen LogP contribution in [0, 0.1) is 46.8 Å². The minimum absolute atomic E-state index is 0.931. The predicted molar refractivity (Wildman–Crippen MR) is 54.2 cm³/mol. The van der Waals surface area contributed by atoms with Crippen LogP contribution in [-0.2, 0) is 15.1 Å². The number of hydrogen-bond donors (Lipinski definition) is 0. The Kier molecular flexibility index (Phi) is 6.04. The van der Waals surface area contributed by atoms with Crippen LogP contribution in [0.2, 0.25) is 0 Å². The molecule has 0 N–H and O–H groups in total. The fraction of sp³-hybridized carbons (Fsp3) is 0. The minimum atomic E-state index is -2.35. The molecule has 0 aromatic heterocycles. The second-order valence-electron chi connectivity index (χ2n) is 3.17. The summed E-state index contributed by atoms with van der Waals surface area (Å²) in [6.45, 7) is 0. The quantitative estimate of drug-likeness (QED) is 0.258. The Morgan fingerprint density at radius 3 is 1.45 bits per heavy atom. The molecule has 10 heteroatoms. The summed E-state index contributed by atoms with van der Waals surface area (Å²) in [5.41, 5.74) is 0. The maximum atomic E-state index is 13.1. The fourth-order valence-corrected chi connectivity index (χ4v) is 1.37. The molecule has 0 atom stereocenters. The van der Waals surface area contributed by atoms with Crippen LogP contribution < -0.4 is 0 Å². The standard InChI is InChI=1S/C10F7.2ClH.Zn/c11-2-1-3(12)6(13)5-4(2)7(14)9(16)10(17)8(5)15;;;/h;2*1H;/q;;;+2/p-2. The number of halogens is 9. The van der Waals surface area contributed by atoms with E-state index in [2.05, 4.69) is 0 Å². The Morgan fingerprint density at radius 2 is 1.00 bits per heavy atom. The molecule has 2 aromatic rings. The molecule has 105 valence electrons. The molecule has 0 aliphatic carbocycles. The zero-order valence-corrected chi connectivity index (χ0v) is 13.6. The average molecular weight is 389 g/mol. The van der Waals surface area contributed by atoms with Crippen LogP contribution >= 0.6 is 19.4 Å². The molecule has 2 rings (SSSR count). The van der Waals surface area contributed by atoms with E-state index < -0.39 is 66.6 Å². The summed E-state index contributed by atoms with van der Waals surface area (Å²) in [6, 6.07) is 1.09. The van der Waals surface area contributed by atoms with Gasteiger partial charge in [0.2, 0.25) is 0 Å². The molecule has 0 bridgehead atoms. The van der Waals surface area contributed by atoms with Crippen LogP contribution in [0.25, 0.3) is 10.8 Å². The summed E-state index contributed by atoms with van der Waals surface area (Å²) >= 11 is -0.931. The molecule has 0 spiro atoms. The molecule has 0 saturated heterocycles. The predicted octanol–water partition coefficient (Wildman–Crippen LogP) is 4.99. The summed E-state index contributed by atoms with van der Waals surface area (Å²) in [5, 5.41) is -3.16. The van der Waals surface area contributed by atoms with Crippen LogP contribution in [-0.4, -0.2) is 0 Å². The Hall–Kier alpha value is -0.587. The number of hydrogen-bond acceptors (Lipinski definition) is 0. The first-order valence-corrected chi connectivity index (χ1v) is 12.4. The SMILES string of the molecule is Fc1[c]c(F)c2c(F)c(F)c(F)c(F)c2c1F.[Cl][Zn][Cl]. The van der Waals surface area contributed by atoms with Crippen molar-refractivity contribution in [2.75, 3.05) is 0 Å². The number of rotatable bonds is 0. The van der Waals surface area contributed by atoms with Gasteiger partial charge in [-0.15, -0.1) is 0 Å². The first-order chi connectivity index (χ1) is 9.27. The zero-order chi connectivity index (χ0) is 15.6. The third-order valence-corrected chi connectivity index (χ3v) is 2.12. The van der Waals surface area contributed by atoms with Gasteiger partial charge < -0.3 is 0 Å². The second kappa shape index (κ2) is 6.92. The molecule has 0 unspecified atom stereocenters. The first kappa shape index (κ1) is 17.5. The van der Waals surface area contributed by atoms with Gasteiger partial charge in [-0.25, -0.2) is 30.7 Å². The van der Waals surface area contributed by atoms with Crippen molar-refractivity contribution in [2.45, 2.75) is 0 Å². The Bertz CT molecular complexity index is 662. The van der Waals surface area contributed by atoms with E-state index in [-0.39, 0.29) is 0 Å². The van der Waals surface area contributed by atoms with Gasteiger partial charge in [-0.3, -0.25) is 0 Å². The second-order valence-corrected chi connectivity index (χ2v) is 7.80. The molecular weight excluding hydrogens is 389 g/mol. The number of fused-ring (bicyclic) bond motifs is 1. The molecule has 0 saturated carbocycles. The van der Waals surface area contributed by atoms with Crippen molar-refractivity contribution in [3.63, 3.8) is 0 Å². The van der Waals surface area contributed by atoms with Gasteiger partial charge in [-0.05, 0) is 0 Å². The summed E-state index contributed by atoms with van der Waals surface area (Å²) in [6.07, 6.45) is 0. The molecule has 1 radical (unpaired) electrons. The Balaban J connectivity index is 0.000000612. The van der Waals surface area contributed by atoms with Crippen LogP contribution in [0.15, 0.2) is 0 Å². The number of benzene rings is 2. The van der Waals surface area contributed by atoms with Crippen LogP contribution in [0.4, 0.5) is 30.7 Å². The molecule has 0 amide bonds. The van der Waals surface area contributed by atoms with Gasteiger partial charge in [0.05, 0.1) is 16.8 Å². The van der Waals surface area contributed by atoms with Crippen LogP contribution in [0.5, 0.6) is 0 Å². The zero-order valence-electron chi connectivity index (χ0n) is 9.11. The molecule has 20 heavy (non-hydrogen) atoms.